The molecular weight excluding hydrogens is 269 g/mol. The zero-order valence-electron chi connectivity index (χ0n) is 12.4. The molecule has 0 radical (unpaired) electrons. The fraction of sp³-hybridized carbons (Fsp3) is 0.375. The van der Waals surface area contributed by atoms with E-state index in [4.69, 9.17) is 0 Å². The molecule has 1 aromatic carbocycles. The molecule has 0 aliphatic carbocycles. The smallest absolute Gasteiger partial charge is 0.280 e. The average Bonchev–Trinajstić information content (AvgIpc) is 2.78. The van der Waals surface area contributed by atoms with Crippen LogP contribution in [0.4, 0.5) is 4.39 Å². The Morgan fingerprint density at radius 2 is 1.95 bits per heavy atom. The number of aliphatic imine (C=N–C) groups is 1. The van der Waals surface area contributed by atoms with E-state index in [1.165, 1.54) is 16.8 Å². The zero-order valence-corrected chi connectivity index (χ0v) is 12.4. The van der Waals surface area contributed by atoms with Gasteiger partial charge in [-0.1, -0.05) is 20.3 Å². The van der Waals surface area contributed by atoms with Crippen LogP contribution in [0.25, 0.3) is 5.69 Å². The summed E-state index contributed by atoms with van der Waals surface area (Å²) >= 11 is 0. The average molecular weight is 289 g/mol. The second-order valence-electron chi connectivity index (χ2n) is 4.91. The van der Waals surface area contributed by atoms with E-state index in [1.807, 2.05) is 6.92 Å². The van der Waals surface area contributed by atoms with E-state index < -0.39 is 0 Å². The van der Waals surface area contributed by atoms with Gasteiger partial charge in [0.25, 0.3) is 5.56 Å². The van der Waals surface area contributed by atoms with Gasteiger partial charge in [-0.05, 0) is 37.1 Å². The van der Waals surface area contributed by atoms with Crippen molar-refractivity contribution in [2.75, 3.05) is 6.54 Å². The molecule has 0 aliphatic heterocycles. The SMILES string of the molecule is CCCN=Cc1c(CCC)[nH]n(-c2ccc(F)cc2)c1=O. The molecule has 2 aromatic rings. The Kier molecular flexibility index (Phi) is 5.09. The number of rotatable bonds is 6. The molecule has 0 saturated heterocycles. The van der Waals surface area contributed by atoms with E-state index in [9.17, 15) is 9.18 Å². The van der Waals surface area contributed by atoms with E-state index in [0.29, 0.717) is 17.8 Å². The Morgan fingerprint density at radius 3 is 2.57 bits per heavy atom. The van der Waals surface area contributed by atoms with Crippen LogP contribution in [-0.4, -0.2) is 22.5 Å². The third-order valence-electron chi connectivity index (χ3n) is 3.16. The van der Waals surface area contributed by atoms with Gasteiger partial charge in [-0.15, -0.1) is 0 Å². The van der Waals surface area contributed by atoms with Gasteiger partial charge in [0.2, 0.25) is 0 Å². The van der Waals surface area contributed by atoms with Crippen molar-refractivity contribution in [3.63, 3.8) is 0 Å². The second kappa shape index (κ2) is 7.02. The van der Waals surface area contributed by atoms with Crippen molar-refractivity contribution in [1.82, 2.24) is 9.78 Å². The lowest BCUT2D eigenvalue weighted by atomic mass is 10.2. The van der Waals surface area contributed by atoms with Crippen molar-refractivity contribution >= 4 is 6.21 Å². The van der Waals surface area contributed by atoms with Gasteiger partial charge in [0.1, 0.15) is 5.82 Å². The minimum absolute atomic E-state index is 0.148. The van der Waals surface area contributed by atoms with E-state index in [0.717, 1.165) is 25.0 Å². The molecule has 0 aliphatic rings. The van der Waals surface area contributed by atoms with Crippen LogP contribution in [0.3, 0.4) is 0 Å². The topological polar surface area (TPSA) is 50.1 Å². The van der Waals surface area contributed by atoms with Crippen LogP contribution in [-0.2, 0) is 6.42 Å². The number of hydrogen-bond donors (Lipinski definition) is 1. The summed E-state index contributed by atoms with van der Waals surface area (Å²) in [4.78, 5) is 16.8. The first-order valence-electron chi connectivity index (χ1n) is 7.27. The summed E-state index contributed by atoms with van der Waals surface area (Å²) in [6, 6.07) is 5.84. The number of benzene rings is 1. The standard InChI is InChI=1S/C16H20FN3O/c1-3-5-15-14(11-18-10-4-2)16(21)20(19-15)13-8-6-12(17)7-9-13/h6-9,11,19H,3-5,10H2,1-2H3. The highest BCUT2D eigenvalue weighted by atomic mass is 19.1. The predicted molar refractivity (Wildman–Crippen MR) is 83.1 cm³/mol. The number of nitrogens with zero attached hydrogens (tertiary/aromatic N) is 2. The molecule has 0 spiro atoms. The number of H-pyrrole nitrogens is 1. The Morgan fingerprint density at radius 1 is 1.24 bits per heavy atom. The largest absolute Gasteiger partial charge is 0.294 e. The molecule has 1 aromatic heterocycles. The number of halogens is 1. The van der Waals surface area contributed by atoms with E-state index in [2.05, 4.69) is 17.0 Å². The molecule has 0 unspecified atom stereocenters. The van der Waals surface area contributed by atoms with Crippen molar-refractivity contribution in [2.24, 2.45) is 4.99 Å². The lowest BCUT2D eigenvalue weighted by molar-refractivity contribution is 0.626. The number of hydrogen-bond acceptors (Lipinski definition) is 2. The summed E-state index contributed by atoms with van der Waals surface area (Å²) < 4.78 is 14.4. The molecule has 0 amide bonds. The minimum atomic E-state index is -0.322. The van der Waals surface area contributed by atoms with Crippen LogP contribution in [0.2, 0.25) is 0 Å². The fourth-order valence-corrected chi connectivity index (χ4v) is 2.13. The Balaban J connectivity index is 2.45. The van der Waals surface area contributed by atoms with Gasteiger partial charge in [0, 0.05) is 18.5 Å². The first kappa shape index (κ1) is 15.2. The van der Waals surface area contributed by atoms with E-state index in [1.54, 1.807) is 18.3 Å². The molecule has 0 atom stereocenters. The molecular formula is C16H20FN3O. The Labute approximate surface area is 123 Å². The predicted octanol–water partition coefficient (Wildman–Crippen LogP) is 3.09. The van der Waals surface area contributed by atoms with Gasteiger partial charge in [-0.2, -0.15) is 0 Å². The lowest BCUT2D eigenvalue weighted by Gasteiger charge is -2.01. The van der Waals surface area contributed by atoms with Crippen LogP contribution < -0.4 is 5.56 Å². The number of nitrogens with one attached hydrogen (secondary N) is 1. The molecule has 0 bridgehead atoms. The summed E-state index contributed by atoms with van der Waals surface area (Å²) in [5.41, 5.74) is 1.93. The second-order valence-corrected chi connectivity index (χ2v) is 4.91. The quantitative estimate of drug-likeness (QED) is 0.816. The highest BCUT2D eigenvalue weighted by molar-refractivity contribution is 5.80. The van der Waals surface area contributed by atoms with Gasteiger partial charge in [-0.3, -0.25) is 14.9 Å². The first-order valence-corrected chi connectivity index (χ1v) is 7.27. The third kappa shape index (κ3) is 3.48. The maximum atomic E-state index is 13.0. The van der Waals surface area contributed by atoms with Gasteiger partial charge < -0.3 is 0 Å². The van der Waals surface area contributed by atoms with Gasteiger partial charge in [0.05, 0.1) is 11.3 Å². The van der Waals surface area contributed by atoms with Crippen molar-refractivity contribution in [3.05, 3.63) is 51.7 Å². The van der Waals surface area contributed by atoms with Crippen LogP contribution in [0.5, 0.6) is 0 Å². The van der Waals surface area contributed by atoms with E-state index in [-0.39, 0.29) is 11.4 Å². The highest BCUT2D eigenvalue weighted by Gasteiger charge is 2.13. The Bertz CT molecular complexity index is 668. The van der Waals surface area contributed by atoms with Crippen LogP contribution >= 0.6 is 0 Å². The highest BCUT2D eigenvalue weighted by Crippen LogP contribution is 2.09. The summed E-state index contributed by atoms with van der Waals surface area (Å²) in [6.45, 7) is 4.80. The molecule has 4 nitrogen and oxygen atoms in total. The summed E-state index contributed by atoms with van der Waals surface area (Å²) in [6.07, 6.45) is 4.29. The van der Waals surface area contributed by atoms with Crippen molar-refractivity contribution in [2.45, 2.75) is 33.1 Å². The maximum Gasteiger partial charge on any atom is 0.280 e. The molecule has 0 fully saturated rings. The van der Waals surface area contributed by atoms with Gasteiger partial charge in [-0.25, -0.2) is 9.07 Å². The molecule has 0 saturated carbocycles. The van der Waals surface area contributed by atoms with Crippen LogP contribution in [0, 0.1) is 5.82 Å². The van der Waals surface area contributed by atoms with Crippen molar-refractivity contribution in [1.29, 1.82) is 0 Å². The molecule has 2 rings (SSSR count). The summed E-state index contributed by atoms with van der Waals surface area (Å²) in [7, 11) is 0. The zero-order chi connectivity index (χ0) is 15.2. The van der Waals surface area contributed by atoms with Crippen LogP contribution in [0.15, 0.2) is 34.1 Å². The molecule has 21 heavy (non-hydrogen) atoms. The number of aromatic amines is 1. The molecule has 1 N–H and O–H groups in total. The minimum Gasteiger partial charge on any atom is -0.294 e. The normalized spacial score (nSPS) is 11.4. The number of aromatic nitrogens is 2. The third-order valence-corrected chi connectivity index (χ3v) is 3.16. The molecule has 5 heteroatoms. The maximum absolute atomic E-state index is 13.0. The summed E-state index contributed by atoms with van der Waals surface area (Å²) in [5.74, 6) is -0.322. The van der Waals surface area contributed by atoms with Crippen LogP contribution in [0.1, 0.15) is 37.9 Å². The molecule has 112 valence electrons. The van der Waals surface area contributed by atoms with E-state index >= 15 is 0 Å². The summed E-state index contributed by atoms with van der Waals surface area (Å²) in [5, 5.41) is 3.10. The Hall–Kier alpha value is -2.17. The fourth-order valence-electron chi connectivity index (χ4n) is 2.13. The van der Waals surface area contributed by atoms with Gasteiger partial charge in [0.15, 0.2) is 0 Å². The lowest BCUT2D eigenvalue weighted by Crippen LogP contribution is -2.17. The number of aryl methyl sites for hydroxylation is 1. The molecule has 1 heterocycles. The monoisotopic (exact) mass is 289 g/mol. The van der Waals surface area contributed by atoms with Crippen molar-refractivity contribution < 1.29 is 4.39 Å². The van der Waals surface area contributed by atoms with Crippen molar-refractivity contribution in [3.8, 4) is 5.69 Å². The first-order chi connectivity index (χ1) is 10.2. The van der Waals surface area contributed by atoms with Gasteiger partial charge >= 0.3 is 0 Å².